The molecular formula is C23H32N2. The maximum atomic E-state index is 4.64. The average molecular weight is 337 g/mol. The number of aromatic nitrogens is 2. The van der Waals surface area contributed by atoms with Gasteiger partial charge in [0.2, 0.25) is 0 Å². The zero-order valence-corrected chi connectivity index (χ0v) is 16.4. The Morgan fingerprint density at radius 1 is 1.20 bits per heavy atom. The molecule has 2 nitrogen and oxygen atoms in total. The van der Waals surface area contributed by atoms with Crippen LogP contribution in [0.25, 0.3) is 17.0 Å². The van der Waals surface area contributed by atoms with Crippen molar-refractivity contribution in [3.63, 3.8) is 0 Å². The van der Waals surface area contributed by atoms with Crippen LogP contribution >= 0.6 is 0 Å². The Bertz CT molecular complexity index is 732. The van der Waals surface area contributed by atoms with Crippen molar-refractivity contribution in [1.82, 2.24) is 9.78 Å². The molecule has 25 heavy (non-hydrogen) atoms. The standard InChI is InChI=1S/C23H32N2/c1-6-8-12-22(16-19(5)15-18(3)4)25-23(13-14-24-25)21-11-9-10-20(7-2)17-21/h9-14,16-18H,6-8,15H2,1-5H3/b19-16+,22-12+. The van der Waals surface area contributed by atoms with E-state index in [9.17, 15) is 0 Å². The topological polar surface area (TPSA) is 17.8 Å². The zero-order valence-electron chi connectivity index (χ0n) is 16.4. The van der Waals surface area contributed by atoms with Gasteiger partial charge in [0.05, 0.1) is 17.6 Å². The fourth-order valence-electron chi connectivity index (χ4n) is 3.13. The summed E-state index contributed by atoms with van der Waals surface area (Å²) in [6.07, 6.45) is 10.9. The van der Waals surface area contributed by atoms with Crippen LogP contribution in [0.4, 0.5) is 0 Å². The SMILES string of the molecule is CCC/C=C(\C=C(/C)CC(C)C)n1nccc1-c1cccc(CC)c1. The van der Waals surface area contributed by atoms with Gasteiger partial charge in [-0.25, -0.2) is 4.68 Å². The van der Waals surface area contributed by atoms with Gasteiger partial charge in [-0.1, -0.05) is 64.0 Å². The molecule has 1 aromatic heterocycles. The number of benzene rings is 1. The minimum absolute atomic E-state index is 0.669. The lowest BCUT2D eigenvalue weighted by molar-refractivity contribution is 0.642. The van der Waals surface area contributed by atoms with Crippen molar-refractivity contribution >= 4 is 5.70 Å². The Hall–Kier alpha value is -2.09. The van der Waals surface area contributed by atoms with Crippen LogP contribution in [-0.4, -0.2) is 9.78 Å². The third-order valence-electron chi connectivity index (χ3n) is 4.28. The summed E-state index contributed by atoms with van der Waals surface area (Å²) in [5.41, 5.74) is 6.33. The van der Waals surface area contributed by atoms with E-state index >= 15 is 0 Å². The second-order valence-corrected chi connectivity index (χ2v) is 7.19. The first-order valence-corrected chi connectivity index (χ1v) is 9.56. The average Bonchev–Trinajstić information content (AvgIpc) is 3.07. The van der Waals surface area contributed by atoms with E-state index in [0.29, 0.717) is 5.92 Å². The molecule has 0 atom stereocenters. The molecule has 1 heterocycles. The van der Waals surface area contributed by atoms with Gasteiger partial charge in [-0.2, -0.15) is 5.10 Å². The molecule has 0 aliphatic heterocycles. The molecular weight excluding hydrogens is 304 g/mol. The fourth-order valence-corrected chi connectivity index (χ4v) is 3.13. The van der Waals surface area contributed by atoms with Gasteiger partial charge >= 0.3 is 0 Å². The number of hydrogen-bond acceptors (Lipinski definition) is 1. The van der Waals surface area contributed by atoms with Crippen molar-refractivity contribution in [2.24, 2.45) is 5.92 Å². The lowest BCUT2D eigenvalue weighted by Gasteiger charge is -2.12. The lowest BCUT2D eigenvalue weighted by Crippen LogP contribution is -2.01. The molecule has 0 aliphatic carbocycles. The first-order chi connectivity index (χ1) is 12.0. The zero-order chi connectivity index (χ0) is 18.2. The van der Waals surface area contributed by atoms with Gasteiger partial charge < -0.3 is 0 Å². The van der Waals surface area contributed by atoms with Crippen molar-refractivity contribution in [1.29, 1.82) is 0 Å². The van der Waals surface area contributed by atoms with Crippen LogP contribution in [-0.2, 0) is 6.42 Å². The number of hydrogen-bond donors (Lipinski definition) is 0. The Morgan fingerprint density at radius 3 is 2.68 bits per heavy atom. The molecule has 0 aliphatic rings. The quantitative estimate of drug-likeness (QED) is 0.488. The van der Waals surface area contributed by atoms with Crippen molar-refractivity contribution in [3.05, 3.63) is 59.8 Å². The molecule has 134 valence electrons. The molecule has 0 spiro atoms. The van der Waals surface area contributed by atoms with E-state index in [2.05, 4.69) is 86.9 Å². The van der Waals surface area contributed by atoms with Gasteiger partial charge in [-0.15, -0.1) is 0 Å². The first kappa shape index (κ1) is 19.2. The van der Waals surface area contributed by atoms with Crippen molar-refractivity contribution in [2.75, 3.05) is 0 Å². The van der Waals surface area contributed by atoms with Crippen LogP contribution in [0.1, 0.15) is 59.4 Å². The van der Waals surface area contributed by atoms with Gasteiger partial charge in [0, 0.05) is 5.56 Å². The summed E-state index contributed by atoms with van der Waals surface area (Å²) in [5, 5.41) is 4.64. The number of aryl methyl sites for hydroxylation is 1. The van der Waals surface area contributed by atoms with E-state index in [0.717, 1.165) is 31.4 Å². The summed E-state index contributed by atoms with van der Waals surface area (Å²) in [6, 6.07) is 10.9. The molecule has 1 aromatic carbocycles. The molecule has 0 radical (unpaired) electrons. The first-order valence-electron chi connectivity index (χ1n) is 9.56. The molecule has 0 unspecified atom stereocenters. The van der Waals surface area contributed by atoms with Crippen molar-refractivity contribution in [2.45, 2.75) is 60.3 Å². The van der Waals surface area contributed by atoms with Gasteiger partial charge in [0.1, 0.15) is 0 Å². The number of rotatable bonds is 8. The normalized spacial score (nSPS) is 12.9. The Kier molecular flexibility index (Phi) is 7.24. The summed E-state index contributed by atoms with van der Waals surface area (Å²) >= 11 is 0. The third-order valence-corrected chi connectivity index (χ3v) is 4.28. The fraction of sp³-hybridized carbons (Fsp3) is 0.435. The van der Waals surface area contributed by atoms with E-state index in [1.165, 1.54) is 22.4 Å². The molecule has 2 rings (SSSR count). The molecule has 0 fully saturated rings. The largest absolute Gasteiger partial charge is 0.233 e. The molecule has 0 N–H and O–H groups in total. The van der Waals surface area contributed by atoms with Gasteiger partial charge in [0.25, 0.3) is 0 Å². The Labute approximate surface area is 153 Å². The summed E-state index contributed by atoms with van der Waals surface area (Å²) in [5.74, 6) is 0.669. The van der Waals surface area contributed by atoms with Crippen molar-refractivity contribution < 1.29 is 0 Å². The highest BCUT2D eigenvalue weighted by Gasteiger charge is 2.09. The minimum Gasteiger partial charge on any atom is -0.233 e. The summed E-state index contributed by atoms with van der Waals surface area (Å²) < 4.78 is 2.09. The second-order valence-electron chi connectivity index (χ2n) is 7.19. The van der Waals surface area contributed by atoms with Crippen LogP contribution in [0.2, 0.25) is 0 Å². The second kappa shape index (κ2) is 9.41. The summed E-state index contributed by atoms with van der Waals surface area (Å²) in [6.45, 7) is 11.2. The molecule has 0 amide bonds. The minimum atomic E-state index is 0.669. The highest BCUT2D eigenvalue weighted by Crippen LogP contribution is 2.25. The van der Waals surface area contributed by atoms with E-state index in [4.69, 9.17) is 0 Å². The highest BCUT2D eigenvalue weighted by atomic mass is 15.3. The van der Waals surface area contributed by atoms with Crippen LogP contribution in [0, 0.1) is 5.92 Å². The predicted molar refractivity (Wildman–Crippen MR) is 109 cm³/mol. The molecule has 0 saturated carbocycles. The molecule has 2 heteroatoms. The number of allylic oxidation sites excluding steroid dienone is 4. The summed E-state index contributed by atoms with van der Waals surface area (Å²) in [4.78, 5) is 0. The van der Waals surface area contributed by atoms with Crippen LogP contribution in [0.5, 0.6) is 0 Å². The van der Waals surface area contributed by atoms with Gasteiger partial charge in [-0.05, 0) is 55.9 Å². The summed E-state index contributed by atoms with van der Waals surface area (Å²) in [7, 11) is 0. The monoisotopic (exact) mass is 336 g/mol. The molecule has 2 aromatic rings. The smallest absolute Gasteiger partial charge is 0.0740 e. The van der Waals surface area contributed by atoms with E-state index in [1.807, 2.05) is 6.20 Å². The Balaban J connectivity index is 2.44. The van der Waals surface area contributed by atoms with Gasteiger partial charge in [-0.3, -0.25) is 0 Å². The maximum Gasteiger partial charge on any atom is 0.0740 e. The predicted octanol–water partition coefficient (Wildman–Crippen LogP) is 6.75. The molecule has 0 bridgehead atoms. The van der Waals surface area contributed by atoms with E-state index in [-0.39, 0.29) is 0 Å². The van der Waals surface area contributed by atoms with Crippen LogP contribution < -0.4 is 0 Å². The van der Waals surface area contributed by atoms with E-state index < -0.39 is 0 Å². The highest BCUT2D eigenvalue weighted by molar-refractivity contribution is 5.69. The molecule has 0 saturated heterocycles. The number of unbranched alkanes of at least 4 members (excludes halogenated alkanes) is 1. The van der Waals surface area contributed by atoms with Crippen LogP contribution in [0.15, 0.2) is 54.3 Å². The van der Waals surface area contributed by atoms with Crippen LogP contribution in [0.3, 0.4) is 0 Å². The van der Waals surface area contributed by atoms with Crippen molar-refractivity contribution in [3.8, 4) is 11.3 Å². The lowest BCUT2D eigenvalue weighted by atomic mass is 10.0. The Morgan fingerprint density at radius 2 is 2.00 bits per heavy atom. The van der Waals surface area contributed by atoms with E-state index in [1.54, 1.807) is 0 Å². The third kappa shape index (κ3) is 5.45. The number of nitrogens with zero attached hydrogens (tertiary/aromatic N) is 2. The van der Waals surface area contributed by atoms with Gasteiger partial charge in [0.15, 0.2) is 0 Å². The maximum absolute atomic E-state index is 4.64.